The highest BCUT2D eigenvalue weighted by Crippen LogP contribution is 2.39. The fraction of sp³-hybridized carbons (Fsp3) is 0.632. The van der Waals surface area contributed by atoms with Crippen LogP contribution in [0.2, 0.25) is 0 Å². The summed E-state index contributed by atoms with van der Waals surface area (Å²) in [7, 11) is 10.3. The van der Waals surface area contributed by atoms with E-state index in [1.807, 2.05) is 21.6 Å². The Kier molecular flexibility index (Phi) is 12.0. The normalized spacial score (nSPS) is 17.3. The fourth-order valence-electron chi connectivity index (χ4n) is 2.32. The lowest BCUT2D eigenvalue weighted by atomic mass is 10.1. The number of rotatable bonds is 9. The number of carbonyl (C=O) groups excluding carboxylic acids is 1. The van der Waals surface area contributed by atoms with Gasteiger partial charge >= 0.3 is 5.97 Å². The lowest BCUT2D eigenvalue weighted by Crippen LogP contribution is -2.38. The molecule has 10 heteroatoms. The van der Waals surface area contributed by atoms with Crippen LogP contribution in [0.15, 0.2) is 23.1 Å². The SMILES string of the molecule is C[N+](C)(C)CCOC(=O)CCCCC1CCSS1.O=S(O)c1ccc(O)c(O)c1. The largest absolute Gasteiger partial charge is 0.504 e. The summed E-state index contributed by atoms with van der Waals surface area (Å²) in [5.74, 6) is 0.559. The molecule has 1 saturated heterocycles. The summed E-state index contributed by atoms with van der Waals surface area (Å²) in [6.07, 6.45) is 5.31. The van der Waals surface area contributed by atoms with E-state index in [4.69, 9.17) is 19.5 Å². The molecule has 0 spiro atoms. The number of nitrogens with zero attached hydrogens (tertiary/aromatic N) is 1. The number of carbonyl (C=O) groups is 1. The molecule has 2 atom stereocenters. The summed E-state index contributed by atoms with van der Waals surface area (Å²) in [5.41, 5.74) is 0. The summed E-state index contributed by atoms with van der Waals surface area (Å²) in [6.45, 7) is 1.42. The van der Waals surface area contributed by atoms with E-state index in [9.17, 15) is 9.00 Å². The monoisotopic (exact) mass is 466 g/mol. The first-order valence-electron chi connectivity index (χ1n) is 9.45. The Balaban J connectivity index is 0.000000326. The Morgan fingerprint density at radius 1 is 1.24 bits per heavy atom. The molecule has 1 aliphatic heterocycles. The third kappa shape index (κ3) is 12.4. The van der Waals surface area contributed by atoms with Crippen molar-refractivity contribution in [2.45, 2.75) is 42.2 Å². The van der Waals surface area contributed by atoms with Crippen LogP contribution in [0.1, 0.15) is 32.1 Å². The van der Waals surface area contributed by atoms with Gasteiger partial charge in [0, 0.05) is 23.5 Å². The molecule has 0 bridgehead atoms. The van der Waals surface area contributed by atoms with E-state index < -0.39 is 16.8 Å². The van der Waals surface area contributed by atoms with Crippen molar-refractivity contribution in [1.82, 2.24) is 0 Å². The quantitative estimate of drug-likeness (QED) is 0.127. The number of ether oxygens (including phenoxy) is 1. The molecule has 0 saturated carbocycles. The minimum atomic E-state index is -2.12. The van der Waals surface area contributed by atoms with Gasteiger partial charge in [-0.05, 0) is 31.4 Å². The van der Waals surface area contributed by atoms with Crippen molar-refractivity contribution in [1.29, 1.82) is 0 Å². The molecular formula is C19H32NO6S3+. The van der Waals surface area contributed by atoms with Gasteiger partial charge in [-0.1, -0.05) is 28.0 Å². The summed E-state index contributed by atoms with van der Waals surface area (Å²) in [4.78, 5) is 11.5. The van der Waals surface area contributed by atoms with Crippen LogP contribution < -0.4 is 0 Å². The molecule has 3 N–H and O–H groups in total. The van der Waals surface area contributed by atoms with Gasteiger partial charge in [0.25, 0.3) is 0 Å². The summed E-state index contributed by atoms with van der Waals surface area (Å²) in [6, 6.07) is 3.44. The Hall–Kier alpha value is -0.940. The maximum atomic E-state index is 11.5. The predicted molar refractivity (Wildman–Crippen MR) is 120 cm³/mol. The fourth-order valence-corrected chi connectivity index (χ4v) is 5.75. The standard InChI is InChI=1S/C13H26NO2S2.C6H6O4S/c1-14(2,3)9-10-16-13(15)7-5-4-6-12-8-11-17-18-12;7-5-2-1-4(11(9)10)3-6(5)8/h12H,4-11H2,1-3H3;1-3,7-8H,(H,9,10)/q+1;. The third-order valence-electron chi connectivity index (χ3n) is 4.06. The maximum Gasteiger partial charge on any atom is 0.305 e. The van der Waals surface area contributed by atoms with Crippen LogP contribution in [-0.2, 0) is 20.6 Å². The van der Waals surface area contributed by atoms with Gasteiger partial charge in [-0.25, -0.2) is 4.21 Å². The Bertz CT molecular complexity index is 660. The molecule has 0 aromatic heterocycles. The smallest absolute Gasteiger partial charge is 0.305 e. The molecule has 29 heavy (non-hydrogen) atoms. The van der Waals surface area contributed by atoms with Gasteiger partial charge in [0.1, 0.15) is 13.2 Å². The molecule has 0 aliphatic carbocycles. The van der Waals surface area contributed by atoms with Gasteiger partial charge < -0.3 is 24.0 Å². The zero-order valence-corrected chi connectivity index (χ0v) is 19.7. The van der Waals surface area contributed by atoms with Crippen LogP contribution in [0.4, 0.5) is 0 Å². The molecular weight excluding hydrogens is 434 g/mol. The molecule has 1 heterocycles. The van der Waals surface area contributed by atoms with E-state index in [-0.39, 0.29) is 16.6 Å². The van der Waals surface area contributed by atoms with Crippen molar-refractivity contribution in [2.75, 3.05) is 40.0 Å². The van der Waals surface area contributed by atoms with Crippen molar-refractivity contribution >= 4 is 38.6 Å². The Labute approximate surface area is 183 Å². The predicted octanol–water partition coefficient (Wildman–Crippen LogP) is 3.63. The molecule has 0 amide bonds. The molecule has 1 aliphatic rings. The molecule has 166 valence electrons. The Morgan fingerprint density at radius 2 is 1.97 bits per heavy atom. The maximum absolute atomic E-state index is 11.5. The second-order valence-corrected chi connectivity index (χ2v) is 11.5. The van der Waals surface area contributed by atoms with E-state index in [2.05, 4.69) is 21.1 Å². The zero-order chi connectivity index (χ0) is 21.9. The highest BCUT2D eigenvalue weighted by atomic mass is 33.1. The van der Waals surface area contributed by atoms with Gasteiger partial charge in [-0.3, -0.25) is 4.79 Å². The number of esters is 1. The van der Waals surface area contributed by atoms with Crippen molar-refractivity contribution in [3.63, 3.8) is 0 Å². The molecule has 0 radical (unpaired) electrons. The average molecular weight is 467 g/mol. The molecule has 2 unspecified atom stereocenters. The second-order valence-electron chi connectivity index (χ2n) is 7.71. The molecule has 1 fully saturated rings. The summed E-state index contributed by atoms with van der Waals surface area (Å²) < 4.78 is 25.0. The average Bonchev–Trinajstić information content (AvgIpc) is 3.14. The van der Waals surface area contributed by atoms with E-state index >= 15 is 0 Å². The number of hydrogen-bond acceptors (Lipinski definition) is 7. The van der Waals surface area contributed by atoms with Gasteiger partial charge in [-0.15, -0.1) is 0 Å². The van der Waals surface area contributed by atoms with Crippen LogP contribution >= 0.6 is 21.6 Å². The highest BCUT2D eigenvalue weighted by molar-refractivity contribution is 8.77. The van der Waals surface area contributed by atoms with Crippen LogP contribution in [0.25, 0.3) is 0 Å². The van der Waals surface area contributed by atoms with Crippen LogP contribution in [0.5, 0.6) is 11.5 Å². The van der Waals surface area contributed by atoms with E-state index in [0.717, 1.165) is 41.3 Å². The zero-order valence-electron chi connectivity index (χ0n) is 17.2. The van der Waals surface area contributed by atoms with Gasteiger partial charge in [-0.2, -0.15) is 0 Å². The van der Waals surface area contributed by atoms with Crippen LogP contribution in [0.3, 0.4) is 0 Å². The number of benzene rings is 1. The first kappa shape index (κ1) is 26.1. The lowest BCUT2D eigenvalue weighted by molar-refractivity contribution is -0.870. The van der Waals surface area contributed by atoms with E-state index in [1.165, 1.54) is 24.7 Å². The lowest BCUT2D eigenvalue weighted by Gasteiger charge is -2.23. The topological polar surface area (TPSA) is 104 Å². The number of unbranched alkanes of at least 4 members (excludes halogenated alkanes) is 1. The summed E-state index contributed by atoms with van der Waals surface area (Å²) in [5, 5.41) is 18.5. The number of phenolic OH excluding ortho intramolecular Hbond substituents is 2. The third-order valence-corrected chi connectivity index (χ3v) is 7.72. The minimum Gasteiger partial charge on any atom is -0.504 e. The molecule has 2 rings (SSSR count). The van der Waals surface area contributed by atoms with E-state index in [1.54, 1.807) is 0 Å². The first-order valence-corrected chi connectivity index (χ1v) is 12.9. The number of aromatic hydroxyl groups is 2. The van der Waals surface area contributed by atoms with Crippen molar-refractivity contribution < 1.29 is 33.0 Å². The van der Waals surface area contributed by atoms with Gasteiger partial charge in [0.05, 0.1) is 26.0 Å². The van der Waals surface area contributed by atoms with Crippen molar-refractivity contribution in [3.8, 4) is 11.5 Å². The number of likely N-dealkylation sites (N-methyl/N-ethyl adjacent to an activating group) is 1. The Morgan fingerprint density at radius 3 is 2.52 bits per heavy atom. The second kappa shape index (κ2) is 13.4. The number of phenols is 2. The minimum absolute atomic E-state index is 0.0306. The van der Waals surface area contributed by atoms with Crippen LogP contribution in [0, 0.1) is 0 Å². The highest BCUT2D eigenvalue weighted by Gasteiger charge is 2.16. The molecule has 1 aromatic carbocycles. The molecule has 1 aromatic rings. The van der Waals surface area contributed by atoms with Crippen molar-refractivity contribution in [3.05, 3.63) is 18.2 Å². The number of hydrogen-bond donors (Lipinski definition) is 3. The van der Waals surface area contributed by atoms with Crippen LogP contribution in [-0.4, -0.2) is 74.7 Å². The van der Waals surface area contributed by atoms with E-state index in [0.29, 0.717) is 13.0 Å². The first-order chi connectivity index (χ1) is 13.6. The molecule has 7 nitrogen and oxygen atoms in total. The number of quaternary nitrogens is 1. The van der Waals surface area contributed by atoms with Crippen molar-refractivity contribution in [2.24, 2.45) is 0 Å². The van der Waals surface area contributed by atoms with Gasteiger partial charge in [0.2, 0.25) is 0 Å². The van der Waals surface area contributed by atoms with Gasteiger partial charge in [0.15, 0.2) is 22.6 Å². The summed E-state index contributed by atoms with van der Waals surface area (Å²) >= 11 is -2.12.